The van der Waals surface area contributed by atoms with E-state index in [4.69, 9.17) is 11.6 Å². The van der Waals surface area contributed by atoms with E-state index in [1.165, 1.54) is 11.6 Å². The quantitative estimate of drug-likeness (QED) is 0.945. The van der Waals surface area contributed by atoms with Gasteiger partial charge in [0.15, 0.2) is 0 Å². The van der Waals surface area contributed by atoms with Gasteiger partial charge < -0.3 is 0 Å². The highest BCUT2D eigenvalue weighted by Gasteiger charge is 2.27. The van der Waals surface area contributed by atoms with Gasteiger partial charge >= 0.3 is 0 Å². The zero-order valence-corrected chi connectivity index (χ0v) is 12.3. The summed E-state index contributed by atoms with van der Waals surface area (Å²) in [5.74, 6) is 0. The maximum atomic E-state index is 12.4. The predicted molar refractivity (Wildman–Crippen MR) is 79.3 cm³/mol. The Morgan fingerprint density at radius 2 is 1.75 bits per heavy atom. The molecular formula is C15H14ClNO2S. The molecule has 0 aromatic heterocycles. The molecule has 0 fully saturated rings. The Morgan fingerprint density at radius 3 is 2.55 bits per heavy atom. The van der Waals surface area contributed by atoms with Crippen LogP contribution in [0.25, 0.3) is 0 Å². The zero-order valence-electron chi connectivity index (χ0n) is 10.7. The van der Waals surface area contributed by atoms with Crippen LogP contribution >= 0.6 is 11.6 Å². The predicted octanol–water partition coefficient (Wildman–Crippen LogP) is 3.31. The Labute approximate surface area is 123 Å². The van der Waals surface area contributed by atoms with E-state index in [0.717, 1.165) is 18.4 Å². The Morgan fingerprint density at radius 1 is 1.05 bits per heavy atom. The lowest BCUT2D eigenvalue weighted by Crippen LogP contribution is -2.27. The van der Waals surface area contributed by atoms with Crippen LogP contribution in [0.2, 0.25) is 5.02 Å². The third-order valence-corrected chi connectivity index (χ3v) is 5.53. The third kappa shape index (κ3) is 2.46. The minimum atomic E-state index is -3.60. The molecule has 20 heavy (non-hydrogen) atoms. The van der Waals surface area contributed by atoms with Crippen LogP contribution in [0.3, 0.4) is 0 Å². The number of benzene rings is 2. The van der Waals surface area contributed by atoms with Crippen LogP contribution < -0.4 is 4.72 Å². The van der Waals surface area contributed by atoms with Crippen LogP contribution in [0.15, 0.2) is 53.4 Å². The number of sulfonamides is 1. The first-order chi connectivity index (χ1) is 9.58. The smallest absolute Gasteiger partial charge is 0.207 e. The van der Waals surface area contributed by atoms with Crippen molar-refractivity contribution in [1.82, 2.24) is 4.72 Å². The Hall–Kier alpha value is -1.36. The lowest BCUT2D eigenvalue weighted by molar-refractivity contribution is 0.554. The summed E-state index contributed by atoms with van der Waals surface area (Å²) in [5, 5.41) is 0.242. The minimum absolute atomic E-state index is 0.131. The molecule has 0 amide bonds. The highest BCUT2D eigenvalue weighted by Crippen LogP contribution is 2.32. The van der Waals surface area contributed by atoms with E-state index in [1.54, 1.807) is 18.2 Å². The van der Waals surface area contributed by atoms with Gasteiger partial charge in [-0.3, -0.25) is 0 Å². The average Bonchev–Trinajstić information content (AvgIpc) is 2.82. The van der Waals surface area contributed by atoms with Crippen molar-refractivity contribution in [3.63, 3.8) is 0 Å². The van der Waals surface area contributed by atoms with Crippen molar-refractivity contribution in [1.29, 1.82) is 0 Å². The fourth-order valence-electron chi connectivity index (χ4n) is 2.59. The Bertz CT molecular complexity index is 743. The molecule has 104 valence electrons. The summed E-state index contributed by atoms with van der Waals surface area (Å²) in [6, 6.07) is 14.2. The molecule has 1 atom stereocenters. The molecule has 0 saturated heterocycles. The molecule has 0 heterocycles. The summed E-state index contributed by atoms with van der Waals surface area (Å²) in [7, 11) is -3.60. The molecule has 1 N–H and O–H groups in total. The monoisotopic (exact) mass is 307 g/mol. The molecule has 1 aliphatic rings. The lowest BCUT2D eigenvalue weighted by atomic mass is 10.1. The number of fused-ring (bicyclic) bond motifs is 1. The van der Waals surface area contributed by atoms with Gasteiger partial charge in [0.2, 0.25) is 10.0 Å². The second kappa shape index (κ2) is 5.20. The molecule has 0 unspecified atom stereocenters. The fraction of sp³-hybridized carbons (Fsp3) is 0.200. The largest absolute Gasteiger partial charge is 0.242 e. The minimum Gasteiger partial charge on any atom is -0.207 e. The van der Waals surface area contributed by atoms with Crippen molar-refractivity contribution in [2.75, 3.05) is 0 Å². The van der Waals surface area contributed by atoms with Crippen LogP contribution in [0, 0.1) is 0 Å². The first-order valence-electron chi connectivity index (χ1n) is 6.42. The SMILES string of the molecule is O=S(=O)(N[C@@H]1CCc2ccccc21)c1ccccc1Cl. The van der Waals surface area contributed by atoms with Gasteiger partial charge in [0, 0.05) is 6.04 Å². The molecule has 0 aliphatic heterocycles. The molecule has 0 spiro atoms. The van der Waals surface area contributed by atoms with Crippen molar-refractivity contribution in [3.05, 3.63) is 64.7 Å². The number of nitrogens with one attached hydrogen (secondary N) is 1. The van der Waals surface area contributed by atoms with Gasteiger partial charge in [-0.1, -0.05) is 48.0 Å². The van der Waals surface area contributed by atoms with Gasteiger partial charge in [0.05, 0.1) is 5.02 Å². The second-order valence-corrected chi connectivity index (χ2v) is 6.93. The normalized spacial score (nSPS) is 17.9. The van der Waals surface area contributed by atoms with Gasteiger partial charge in [-0.05, 0) is 36.1 Å². The first kappa shape index (κ1) is 13.6. The van der Waals surface area contributed by atoms with Gasteiger partial charge in [0.1, 0.15) is 4.90 Å². The van der Waals surface area contributed by atoms with Crippen molar-refractivity contribution < 1.29 is 8.42 Å². The molecule has 0 radical (unpaired) electrons. The van der Waals surface area contributed by atoms with Crippen molar-refractivity contribution in [2.24, 2.45) is 0 Å². The molecule has 1 aliphatic carbocycles. The van der Waals surface area contributed by atoms with E-state index in [1.807, 2.05) is 24.3 Å². The topological polar surface area (TPSA) is 46.2 Å². The average molecular weight is 308 g/mol. The number of aryl methyl sites for hydroxylation is 1. The summed E-state index contributed by atoms with van der Waals surface area (Å²) in [6.07, 6.45) is 1.68. The number of rotatable bonds is 3. The fourth-order valence-corrected chi connectivity index (χ4v) is 4.36. The van der Waals surface area contributed by atoms with Crippen LogP contribution in [-0.2, 0) is 16.4 Å². The molecule has 0 bridgehead atoms. The van der Waals surface area contributed by atoms with E-state index in [2.05, 4.69) is 4.72 Å². The number of halogens is 1. The summed E-state index contributed by atoms with van der Waals surface area (Å²) in [5.41, 5.74) is 2.27. The number of hydrogen-bond donors (Lipinski definition) is 1. The maximum Gasteiger partial charge on any atom is 0.242 e. The molecule has 5 heteroatoms. The molecular weight excluding hydrogens is 294 g/mol. The summed E-state index contributed by atoms with van der Waals surface area (Å²) in [6.45, 7) is 0. The maximum absolute atomic E-state index is 12.4. The molecule has 3 rings (SSSR count). The van der Waals surface area contributed by atoms with E-state index >= 15 is 0 Å². The Balaban J connectivity index is 1.91. The second-order valence-electron chi connectivity index (χ2n) is 4.84. The van der Waals surface area contributed by atoms with Gasteiger partial charge in [0.25, 0.3) is 0 Å². The van der Waals surface area contributed by atoms with Crippen molar-refractivity contribution >= 4 is 21.6 Å². The summed E-state index contributed by atoms with van der Waals surface area (Å²) >= 11 is 5.98. The lowest BCUT2D eigenvalue weighted by Gasteiger charge is -2.15. The van der Waals surface area contributed by atoms with Crippen molar-refractivity contribution in [2.45, 2.75) is 23.8 Å². The zero-order chi connectivity index (χ0) is 14.2. The first-order valence-corrected chi connectivity index (χ1v) is 8.29. The summed E-state index contributed by atoms with van der Waals surface area (Å²) in [4.78, 5) is 0.131. The highest BCUT2D eigenvalue weighted by molar-refractivity contribution is 7.89. The standard InChI is InChI=1S/C15H14ClNO2S/c16-13-7-3-4-8-15(13)20(18,19)17-14-10-9-11-5-1-2-6-12(11)14/h1-8,14,17H,9-10H2/t14-/m1/s1. The number of hydrogen-bond acceptors (Lipinski definition) is 2. The van der Waals surface area contributed by atoms with Gasteiger partial charge in [-0.2, -0.15) is 0 Å². The molecule has 3 nitrogen and oxygen atoms in total. The van der Waals surface area contributed by atoms with E-state index in [9.17, 15) is 8.42 Å². The van der Waals surface area contributed by atoms with E-state index in [0.29, 0.717) is 0 Å². The van der Waals surface area contributed by atoms with Crippen LogP contribution in [0.1, 0.15) is 23.6 Å². The van der Waals surface area contributed by atoms with E-state index in [-0.39, 0.29) is 16.0 Å². The van der Waals surface area contributed by atoms with Crippen molar-refractivity contribution in [3.8, 4) is 0 Å². The molecule has 0 saturated carbocycles. The third-order valence-electron chi connectivity index (χ3n) is 3.56. The van der Waals surface area contributed by atoms with Gasteiger partial charge in [-0.25, -0.2) is 13.1 Å². The molecule has 2 aromatic carbocycles. The van der Waals surface area contributed by atoms with Gasteiger partial charge in [-0.15, -0.1) is 0 Å². The van der Waals surface area contributed by atoms with Crippen LogP contribution in [-0.4, -0.2) is 8.42 Å². The van der Waals surface area contributed by atoms with Crippen LogP contribution in [0.5, 0.6) is 0 Å². The molecule has 2 aromatic rings. The highest BCUT2D eigenvalue weighted by atomic mass is 35.5. The van der Waals surface area contributed by atoms with E-state index < -0.39 is 10.0 Å². The Kier molecular flexibility index (Phi) is 3.54. The van der Waals surface area contributed by atoms with Crippen LogP contribution in [0.4, 0.5) is 0 Å². The summed E-state index contributed by atoms with van der Waals surface area (Å²) < 4.78 is 27.6.